The number of nitrogens with zero attached hydrogens (tertiary/aromatic N) is 1. The van der Waals surface area contributed by atoms with Crippen molar-refractivity contribution in [2.75, 3.05) is 13.1 Å². The van der Waals surface area contributed by atoms with Crippen LogP contribution in [-0.2, 0) is 0 Å². The maximum atomic E-state index is 9.93. The van der Waals surface area contributed by atoms with Gasteiger partial charge < -0.3 is 10.4 Å². The lowest BCUT2D eigenvalue weighted by Gasteiger charge is -2.33. The molecule has 1 unspecified atom stereocenters. The van der Waals surface area contributed by atoms with Crippen molar-refractivity contribution in [1.82, 2.24) is 5.32 Å². The van der Waals surface area contributed by atoms with Crippen LogP contribution in [-0.4, -0.2) is 23.8 Å². The highest BCUT2D eigenvalue weighted by Crippen LogP contribution is 2.34. The summed E-state index contributed by atoms with van der Waals surface area (Å²) in [5.74, 6) is 0. The number of nitriles is 1. The summed E-state index contributed by atoms with van der Waals surface area (Å²) in [6.07, 6.45) is 0.674. The van der Waals surface area contributed by atoms with Gasteiger partial charge in [-0.1, -0.05) is 0 Å². The summed E-state index contributed by atoms with van der Waals surface area (Å²) in [5.41, 5.74) is -1.47. The van der Waals surface area contributed by atoms with E-state index in [0.717, 1.165) is 6.54 Å². The fraction of sp³-hybridized carbons (Fsp3) is 0.875. The third-order valence-electron chi connectivity index (χ3n) is 2.58. The lowest BCUT2D eigenvalue weighted by Crippen LogP contribution is -2.45. The Labute approximate surface area is 67.0 Å². The van der Waals surface area contributed by atoms with E-state index in [-0.39, 0.29) is 0 Å². The van der Waals surface area contributed by atoms with Gasteiger partial charge in [0.25, 0.3) is 0 Å². The number of β-amino-alcohol motifs (C(OH)–C–C–N with tert-alkyl or cyclic N) is 1. The molecule has 0 aromatic carbocycles. The predicted octanol–water partition coefficient (Wildman–Crippen LogP) is 0.261. The Balaban J connectivity index is 2.80. The summed E-state index contributed by atoms with van der Waals surface area (Å²) in [5, 5.41) is 21.8. The molecule has 1 aliphatic heterocycles. The van der Waals surface area contributed by atoms with Crippen molar-refractivity contribution in [1.29, 1.82) is 5.26 Å². The first-order valence-electron chi connectivity index (χ1n) is 3.86. The summed E-state index contributed by atoms with van der Waals surface area (Å²) in [4.78, 5) is 0. The number of rotatable bonds is 1. The third-order valence-corrected chi connectivity index (χ3v) is 2.58. The van der Waals surface area contributed by atoms with Gasteiger partial charge in [-0.3, -0.25) is 0 Å². The van der Waals surface area contributed by atoms with Gasteiger partial charge in [0.2, 0.25) is 0 Å². The molecule has 1 rings (SSSR count). The van der Waals surface area contributed by atoms with Crippen LogP contribution < -0.4 is 5.32 Å². The van der Waals surface area contributed by atoms with Crippen molar-refractivity contribution in [2.24, 2.45) is 5.41 Å². The molecule has 3 heteroatoms. The van der Waals surface area contributed by atoms with Gasteiger partial charge in [-0.25, -0.2) is 0 Å². The largest absolute Gasteiger partial charge is 0.387 e. The smallest absolute Gasteiger partial charge is 0.0963 e. The maximum absolute atomic E-state index is 9.93. The Morgan fingerprint density at radius 3 is 2.64 bits per heavy atom. The van der Waals surface area contributed by atoms with Crippen LogP contribution in [0, 0.1) is 16.7 Å². The van der Waals surface area contributed by atoms with E-state index in [9.17, 15) is 5.11 Å². The number of aliphatic hydroxyl groups is 1. The molecule has 0 aromatic rings. The van der Waals surface area contributed by atoms with Crippen molar-refractivity contribution in [3.63, 3.8) is 0 Å². The highest BCUT2D eigenvalue weighted by Gasteiger charge is 2.45. The highest BCUT2D eigenvalue weighted by atomic mass is 16.3. The minimum atomic E-state index is -0.832. The van der Waals surface area contributed by atoms with Gasteiger partial charge in [0.1, 0.15) is 0 Å². The van der Waals surface area contributed by atoms with Crippen LogP contribution in [0.4, 0.5) is 0 Å². The molecule has 0 radical (unpaired) electrons. The molecule has 0 saturated carbocycles. The van der Waals surface area contributed by atoms with Crippen LogP contribution in [0.15, 0.2) is 0 Å². The van der Waals surface area contributed by atoms with Crippen molar-refractivity contribution >= 4 is 0 Å². The Morgan fingerprint density at radius 2 is 2.27 bits per heavy atom. The Kier molecular flexibility index (Phi) is 1.91. The van der Waals surface area contributed by atoms with E-state index in [1.165, 1.54) is 0 Å². The third kappa shape index (κ3) is 1.24. The van der Waals surface area contributed by atoms with Crippen LogP contribution >= 0.6 is 0 Å². The first-order chi connectivity index (χ1) is 5.02. The second-order valence-corrected chi connectivity index (χ2v) is 3.70. The molecule has 62 valence electrons. The first kappa shape index (κ1) is 8.51. The van der Waals surface area contributed by atoms with Gasteiger partial charge in [-0.2, -0.15) is 5.26 Å². The topological polar surface area (TPSA) is 56.0 Å². The monoisotopic (exact) mass is 154 g/mol. The minimum absolute atomic E-state index is 0.535. The molecular formula is C8H14N2O. The van der Waals surface area contributed by atoms with E-state index in [1.54, 1.807) is 13.8 Å². The van der Waals surface area contributed by atoms with Crippen LogP contribution in [0.3, 0.4) is 0 Å². The van der Waals surface area contributed by atoms with Gasteiger partial charge in [0, 0.05) is 6.54 Å². The van der Waals surface area contributed by atoms with E-state index in [1.807, 2.05) is 0 Å². The van der Waals surface area contributed by atoms with Crippen molar-refractivity contribution in [3.05, 3.63) is 0 Å². The van der Waals surface area contributed by atoms with Gasteiger partial charge in [-0.15, -0.1) is 0 Å². The van der Waals surface area contributed by atoms with Crippen LogP contribution in [0.5, 0.6) is 0 Å². The number of hydrogen-bond acceptors (Lipinski definition) is 3. The fourth-order valence-electron chi connectivity index (χ4n) is 1.32. The van der Waals surface area contributed by atoms with E-state index in [0.29, 0.717) is 13.0 Å². The SMILES string of the molecule is CC(C)(C#N)C1(O)CCNC1. The Bertz CT molecular complexity index is 187. The summed E-state index contributed by atoms with van der Waals surface area (Å²) in [6.45, 7) is 4.90. The second kappa shape index (κ2) is 2.47. The summed E-state index contributed by atoms with van der Waals surface area (Å²) in [7, 11) is 0. The number of hydrogen-bond donors (Lipinski definition) is 2. The summed E-state index contributed by atoms with van der Waals surface area (Å²) >= 11 is 0. The zero-order valence-electron chi connectivity index (χ0n) is 7.02. The molecule has 0 spiro atoms. The van der Waals surface area contributed by atoms with Gasteiger partial charge in [0.15, 0.2) is 0 Å². The molecule has 1 aliphatic rings. The minimum Gasteiger partial charge on any atom is -0.387 e. The summed E-state index contributed by atoms with van der Waals surface area (Å²) in [6, 6.07) is 2.13. The van der Waals surface area contributed by atoms with Gasteiger partial charge in [0.05, 0.1) is 17.1 Å². The second-order valence-electron chi connectivity index (χ2n) is 3.70. The maximum Gasteiger partial charge on any atom is 0.0963 e. The van der Waals surface area contributed by atoms with Crippen molar-refractivity contribution < 1.29 is 5.11 Å². The normalized spacial score (nSPS) is 31.8. The highest BCUT2D eigenvalue weighted by molar-refractivity contribution is 5.09. The molecule has 0 aliphatic carbocycles. The molecule has 3 nitrogen and oxygen atoms in total. The average molecular weight is 154 g/mol. The average Bonchev–Trinajstić information content (AvgIpc) is 2.38. The van der Waals surface area contributed by atoms with E-state index >= 15 is 0 Å². The lowest BCUT2D eigenvalue weighted by molar-refractivity contribution is -0.0196. The van der Waals surface area contributed by atoms with Crippen LogP contribution in [0.1, 0.15) is 20.3 Å². The molecule has 0 amide bonds. The molecule has 11 heavy (non-hydrogen) atoms. The van der Waals surface area contributed by atoms with Crippen molar-refractivity contribution in [3.8, 4) is 6.07 Å². The van der Waals surface area contributed by atoms with Crippen LogP contribution in [0.25, 0.3) is 0 Å². The summed E-state index contributed by atoms with van der Waals surface area (Å²) < 4.78 is 0. The van der Waals surface area contributed by atoms with E-state index in [4.69, 9.17) is 5.26 Å². The molecule has 1 saturated heterocycles. The molecule has 2 N–H and O–H groups in total. The fourth-order valence-corrected chi connectivity index (χ4v) is 1.32. The molecule has 1 fully saturated rings. The standard InChI is InChI=1S/C8H14N2O/c1-7(2,5-9)8(11)3-4-10-6-8/h10-11H,3-4,6H2,1-2H3. The Hall–Kier alpha value is -0.590. The van der Waals surface area contributed by atoms with Crippen molar-refractivity contribution in [2.45, 2.75) is 25.9 Å². The van der Waals surface area contributed by atoms with Crippen LogP contribution in [0.2, 0.25) is 0 Å². The van der Waals surface area contributed by atoms with Gasteiger partial charge in [-0.05, 0) is 26.8 Å². The zero-order chi connectivity index (χ0) is 8.54. The molecule has 1 atom stereocenters. The predicted molar refractivity (Wildman–Crippen MR) is 41.8 cm³/mol. The van der Waals surface area contributed by atoms with Gasteiger partial charge >= 0.3 is 0 Å². The van der Waals surface area contributed by atoms with E-state index < -0.39 is 11.0 Å². The quantitative estimate of drug-likeness (QED) is 0.569. The molecule has 1 heterocycles. The molecule has 0 bridgehead atoms. The molecular weight excluding hydrogens is 140 g/mol. The van der Waals surface area contributed by atoms with E-state index in [2.05, 4.69) is 11.4 Å². The first-order valence-corrected chi connectivity index (χ1v) is 3.86. The molecule has 0 aromatic heterocycles. The Morgan fingerprint density at radius 1 is 1.64 bits per heavy atom. The number of nitrogens with one attached hydrogen (secondary N) is 1. The lowest BCUT2D eigenvalue weighted by atomic mass is 9.75. The zero-order valence-corrected chi connectivity index (χ0v) is 7.02.